The van der Waals surface area contributed by atoms with Crippen LogP contribution in [0, 0.1) is 0 Å². The molecule has 2 aromatic heterocycles. The molecule has 2 saturated heterocycles. The molecule has 0 unspecified atom stereocenters. The fourth-order valence-electron chi connectivity index (χ4n) is 9.51. The molecule has 4 aliphatic rings. The van der Waals surface area contributed by atoms with Gasteiger partial charge in [0.15, 0.2) is 0 Å². The van der Waals surface area contributed by atoms with Gasteiger partial charge in [0.05, 0.1) is 62.3 Å². The lowest BCUT2D eigenvalue weighted by Crippen LogP contribution is -2.54. The first-order chi connectivity index (χ1) is 29.0. The van der Waals surface area contributed by atoms with Gasteiger partial charge in [-0.25, -0.2) is 19.6 Å². The molecule has 2 fully saturated rings. The van der Waals surface area contributed by atoms with Gasteiger partial charge in [-0.05, 0) is 123 Å². The van der Waals surface area contributed by atoms with E-state index in [1.54, 1.807) is 23.6 Å². The van der Waals surface area contributed by atoms with Crippen LogP contribution < -0.4 is 10.6 Å². The number of carbonyl (C=O) groups excluding carboxylic acids is 4. The Bertz CT molecular complexity index is 2080. The SMILES string of the molecule is COC(=O)N[C@H](C(=O)N1CCC[C@H]1c1ncc(-c2cc3c4c(c2)CCc2cc(-c5cnc([C@@H]6CCCN6C(=O)[C@@H](NC(=O)OC)[C@@H](C)OC)[nH]5)cc(c2-4)CC3)[nH]1)[C@@H](C)OC. The zero-order valence-corrected chi connectivity index (χ0v) is 35.1. The first kappa shape index (κ1) is 41.0. The molecule has 2 aliphatic heterocycles. The molecular weight excluding hydrogens is 769 g/mol. The van der Waals surface area contributed by atoms with Crippen LogP contribution in [0.2, 0.25) is 0 Å². The highest BCUT2D eigenvalue weighted by atomic mass is 16.5. The van der Waals surface area contributed by atoms with E-state index in [1.165, 1.54) is 61.8 Å². The van der Waals surface area contributed by atoms with Crippen LogP contribution in [-0.2, 0) is 54.2 Å². The lowest BCUT2D eigenvalue weighted by molar-refractivity contribution is -0.138. The topological polar surface area (TPSA) is 193 Å². The van der Waals surface area contributed by atoms with Crippen molar-refractivity contribution in [2.24, 2.45) is 0 Å². The number of rotatable bonds is 12. The Hall–Kier alpha value is -5.74. The van der Waals surface area contributed by atoms with Crippen LogP contribution in [0.1, 0.15) is 85.5 Å². The number of hydrogen-bond donors (Lipinski definition) is 4. The number of ether oxygens (including phenoxy) is 4. The molecule has 8 rings (SSSR count). The Kier molecular flexibility index (Phi) is 11.7. The van der Waals surface area contributed by atoms with Gasteiger partial charge in [0.2, 0.25) is 11.8 Å². The van der Waals surface area contributed by atoms with E-state index < -0.39 is 36.5 Å². The number of likely N-dealkylation sites (tertiary alicyclic amines) is 2. The monoisotopic (exact) mass is 822 g/mol. The lowest BCUT2D eigenvalue weighted by atomic mass is 9.74. The van der Waals surface area contributed by atoms with E-state index in [9.17, 15) is 19.2 Å². The summed E-state index contributed by atoms with van der Waals surface area (Å²) < 4.78 is 20.5. The van der Waals surface area contributed by atoms with E-state index in [0.29, 0.717) is 13.1 Å². The Labute approximate surface area is 349 Å². The van der Waals surface area contributed by atoms with Gasteiger partial charge < -0.3 is 49.3 Å². The number of carbonyl (C=O) groups is 4. The van der Waals surface area contributed by atoms with Crippen molar-refractivity contribution in [3.63, 3.8) is 0 Å². The Morgan fingerprint density at radius 3 is 1.33 bits per heavy atom. The van der Waals surface area contributed by atoms with Gasteiger partial charge in [-0.1, -0.05) is 0 Å². The molecule has 4 N–H and O–H groups in total. The van der Waals surface area contributed by atoms with Crippen LogP contribution in [0.25, 0.3) is 33.6 Å². The molecule has 0 bridgehead atoms. The Morgan fingerprint density at radius 2 is 1.00 bits per heavy atom. The standard InChI is InChI=1S/C44H54N8O8/c1-23(57-3)37(49-43(55)59-5)41(53)51-15-7-9-33(51)39-45-21-31(47-39)29-17-25-11-13-27-19-30(20-28-14-12-26(18-29)35(25)36(27)28)32-22-46-40(48-32)34-10-8-16-52(34)42(54)38(24(2)58-4)50-44(56)60-6/h17-24,33-34,37-38H,7-16H2,1-6H3,(H,45,47)(H,46,48)(H,49,55)(H,50,56)/t23-,24-,33+,34+,37+,38+/m1/s1. The molecule has 2 aromatic carbocycles. The lowest BCUT2D eigenvalue weighted by Gasteiger charge is -2.31. The van der Waals surface area contributed by atoms with Gasteiger partial charge in [-0.2, -0.15) is 0 Å². The second-order valence-electron chi connectivity index (χ2n) is 16.2. The van der Waals surface area contributed by atoms with Crippen molar-refractivity contribution in [2.45, 2.75) is 102 Å². The minimum Gasteiger partial charge on any atom is -0.453 e. The average Bonchev–Trinajstić information content (AvgIpc) is 4.12. The van der Waals surface area contributed by atoms with Crippen LogP contribution in [0.15, 0.2) is 36.7 Å². The van der Waals surface area contributed by atoms with Crippen molar-refractivity contribution in [2.75, 3.05) is 41.5 Å². The summed E-state index contributed by atoms with van der Waals surface area (Å²) in [4.78, 5) is 72.0. The largest absolute Gasteiger partial charge is 0.453 e. The van der Waals surface area contributed by atoms with Crippen molar-refractivity contribution in [3.8, 4) is 33.6 Å². The fraction of sp³-hybridized carbons (Fsp3) is 0.500. The smallest absolute Gasteiger partial charge is 0.407 e. The number of methoxy groups -OCH3 is 4. The number of nitrogens with zero attached hydrogens (tertiary/aromatic N) is 4. The fourth-order valence-corrected chi connectivity index (χ4v) is 9.51. The number of benzene rings is 2. The quantitative estimate of drug-likeness (QED) is 0.148. The molecule has 318 valence electrons. The minimum absolute atomic E-state index is 0.232. The number of aromatic amines is 2. The number of H-pyrrole nitrogens is 2. The highest BCUT2D eigenvalue weighted by molar-refractivity contribution is 5.88. The third-order valence-corrected chi connectivity index (χ3v) is 12.8. The molecule has 16 heteroatoms. The van der Waals surface area contributed by atoms with E-state index in [0.717, 1.165) is 85.5 Å². The van der Waals surface area contributed by atoms with Crippen molar-refractivity contribution >= 4 is 24.0 Å². The molecule has 6 atom stereocenters. The maximum absolute atomic E-state index is 13.8. The van der Waals surface area contributed by atoms with Crippen molar-refractivity contribution in [3.05, 3.63) is 70.6 Å². The van der Waals surface area contributed by atoms with Crippen molar-refractivity contribution in [1.29, 1.82) is 0 Å². The number of imidazole rings is 2. The second kappa shape index (κ2) is 17.1. The molecule has 16 nitrogen and oxygen atoms in total. The molecule has 0 spiro atoms. The second-order valence-corrected chi connectivity index (χ2v) is 16.2. The highest BCUT2D eigenvalue weighted by Gasteiger charge is 2.40. The summed E-state index contributed by atoms with van der Waals surface area (Å²) in [6.45, 7) is 4.60. The number of nitrogens with one attached hydrogen (secondary N) is 4. The van der Waals surface area contributed by atoms with Gasteiger partial charge in [0.1, 0.15) is 23.7 Å². The zero-order chi connectivity index (χ0) is 42.2. The van der Waals surface area contributed by atoms with Gasteiger partial charge >= 0.3 is 12.2 Å². The normalized spacial score (nSPS) is 19.9. The van der Waals surface area contributed by atoms with Gasteiger partial charge in [0.25, 0.3) is 0 Å². The first-order valence-electron chi connectivity index (χ1n) is 20.8. The summed E-state index contributed by atoms with van der Waals surface area (Å²) in [5.74, 6) is 0.977. The van der Waals surface area contributed by atoms with Crippen LogP contribution >= 0.6 is 0 Å². The van der Waals surface area contributed by atoms with Crippen LogP contribution in [0.5, 0.6) is 0 Å². The number of aryl methyl sites for hydroxylation is 4. The van der Waals surface area contributed by atoms with E-state index in [-0.39, 0.29) is 23.9 Å². The summed E-state index contributed by atoms with van der Waals surface area (Å²) >= 11 is 0. The van der Waals surface area contributed by atoms with Gasteiger partial charge in [-0.15, -0.1) is 0 Å². The van der Waals surface area contributed by atoms with Crippen molar-refractivity contribution in [1.82, 2.24) is 40.4 Å². The van der Waals surface area contributed by atoms with E-state index >= 15 is 0 Å². The highest BCUT2D eigenvalue weighted by Crippen LogP contribution is 2.46. The summed E-state index contributed by atoms with van der Waals surface area (Å²) in [6, 6.07) is 6.83. The third-order valence-electron chi connectivity index (χ3n) is 12.8. The number of hydrogen-bond acceptors (Lipinski definition) is 10. The molecular formula is C44H54N8O8. The maximum atomic E-state index is 13.8. The maximum Gasteiger partial charge on any atom is 0.407 e. The zero-order valence-electron chi connectivity index (χ0n) is 35.1. The molecule has 0 radical (unpaired) electrons. The first-order valence-corrected chi connectivity index (χ1v) is 20.8. The van der Waals surface area contributed by atoms with Crippen LogP contribution in [-0.4, -0.2) is 120 Å². The van der Waals surface area contributed by atoms with E-state index in [2.05, 4.69) is 44.9 Å². The number of aromatic nitrogens is 4. The summed E-state index contributed by atoms with van der Waals surface area (Å²) in [5.41, 5.74) is 11.9. The average molecular weight is 823 g/mol. The molecule has 60 heavy (non-hydrogen) atoms. The van der Waals surface area contributed by atoms with Gasteiger partial charge in [0, 0.05) is 38.4 Å². The summed E-state index contributed by atoms with van der Waals surface area (Å²) in [5, 5.41) is 5.30. The summed E-state index contributed by atoms with van der Waals surface area (Å²) in [6.07, 6.45) is 8.00. The predicted octanol–water partition coefficient (Wildman–Crippen LogP) is 5.18. The predicted molar refractivity (Wildman–Crippen MR) is 221 cm³/mol. The van der Waals surface area contributed by atoms with Gasteiger partial charge in [-0.3, -0.25) is 9.59 Å². The van der Waals surface area contributed by atoms with Crippen LogP contribution in [0.3, 0.4) is 0 Å². The molecule has 4 heterocycles. The van der Waals surface area contributed by atoms with Crippen molar-refractivity contribution < 1.29 is 38.1 Å². The molecule has 4 aromatic rings. The molecule has 0 saturated carbocycles. The Balaban J connectivity index is 1.01. The summed E-state index contributed by atoms with van der Waals surface area (Å²) in [7, 11) is 5.56. The Morgan fingerprint density at radius 1 is 0.633 bits per heavy atom. The molecule has 4 amide bonds. The van der Waals surface area contributed by atoms with E-state index in [4.69, 9.17) is 28.9 Å². The van der Waals surface area contributed by atoms with E-state index in [1.807, 2.05) is 12.4 Å². The minimum atomic E-state index is -0.893. The van der Waals surface area contributed by atoms with Crippen LogP contribution in [0.4, 0.5) is 9.59 Å². The molecule has 2 aliphatic carbocycles. The third kappa shape index (κ3) is 7.62. The number of alkyl carbamates (subject to hydrolysis) is 2. The number of amides is 4.